The lowest BCUT2D eigenvalue weighted by molar-refractivity contribution is 0.173. The summed E-state index contributed by atoms with van der Waals surface area (Å²) in [7, 11) is -4.23. The van der Waals surface area contributed by atoms with Gasteiger partial charge in [-0.3, -0.25) is 0 Å². The van der Waals surface area contributed by atoms with E-state index in [1.165, 1.54) is 18.2 Å². The molecule has 0 aliphatic carbocycles. The molecular formula is C19H21BFNO4S. The summed E-state index contributed by atoms with van der Waals surface area (Å²) in [6.45, 7) is 7.86. The van der Waals surface area contributed by atoms with Crippen LogP contribution in [-0.2, 0) is 25.8 Å². The number of hydrogen-bond donors (Lipinski definition) is 1. The van der Waals surface area contributed by atoms with Crippen LogP contribution in [0.2, 0.25) is 0 Å². The van der Waals surface area contributed by atoms with Crippen molar-refractivity contribution in [1.29, 1.82) is 0 Å². The van der Waals surface area contributed by atoms with Crippen molar-refractivity contribution in [1.82, 2.24) is 4.72 Å². The van der Waals surface area contributed by atoms with E-state index in [1.54, 1.807) is 0 Å². The third-order valence-electron chi connectivity index (χ3n) is 4.39. The minimum Gasteiger partial charge on any atom is -0.534 e. The molecule has 1 saturated heterocycles. The molecule has 0 unspecified atom stereocenters. The molecule has 1 heterocycles. The molecule has 2 aromatic rings. The predicted molar refractivity (Wildman–Crippen MR) is 103 cm³/mol. The lowest BCUT2D eigenvalue weighted by atomic mass is 9.79. The Morgan fingerprint density at radius 2 is 1.89 bits per heavy atom. The van der Waals surface area contributed by atoms with Crippen LogP contribution in [0.3, 0.4) is 0 Å². The third-order valence-corrected chi connectivity index (χ3v) is 5.85. The Hall–Kier alpha value is -2.16. The van der Waals surface area contributed by atoms with E-state index in [1.807, 2.05) is 38.1 Å². The smallest absolute Gasteiger partial charge is 0.534 e. The highest BCUT2D eigenvalue weighted by Crippen LogP contribution is 2.29. The molecule has 142 valence electrons. The van der Waals surface area contributed by atoms with Gasteiger partial charge in [0.05, 0.1) is 10.7 Å². The lowest BCUT2D eigenvalue weighted by Gasteiger charge is -2.15. The van der Waals surface area contributed by atoms with E-state index in [9.17, 15) is 12.8 Å². The van der Waals surface area contributed by atoms with E-state index in [4.69, 9.17) is 9.31 Å². The molecule has 8 heteroatoms. The van der Waals surface area contributed by atoms with E-state index in [0.29, 0.717) is 12.2 Å². The van der Waals surface area contributed by atoms with Gasteiger partial charge in [-0.25, -0.2) is 17.5 Å². The van der Waals surface area contributed by atoms with Crippen molar-refractivity contribution in [2.24, 2.45) is 0 Å². The van der Waals surface area contributed by atoms with Gasteiger partial charge in [-0.1, -0.05) is 36.9 Å². The van der Waals surface area contributed by atoms with Crippen LogP contribution in [-0.4, -0.2) is 27.7 Å². The average Bonchev–Trinajstić information content (AvgIpc) is 2.88. The van der Waals surface area contributed by atoms with E-state index >= 15 is 0 Å². The minimum atomic E-state index is -3.73. The van der Waals surface area contributed by atoms with Crippen molar-refractivity contribution in [3.8, 4) is 0 Å². The number of rotatable bonds is 6. The summed E-state index contributed by atoms with van der Waals surface area (Å²) in [5.74, 6) is -0.000921. The minimum absolute atomic E-state index is 0.0868. The fraction of sp³-hybridized carbons (Fsp3) is 0.263. The lowest BCUT2D eigenvalue weighted by Crippen LogP contribution is -2.34. The zero-order valence-electron chi connectivity index (χ0n) is 15.2. The fourth-order valence-electron chi connectivity index (χ4n) is 2.65. The standard InChI is InChI=1S/C19H21BFNO4S/c1-14-19(2,3)26-20(25-14)16-9-7-15(8-10-16)11-12-22-27(23,24)18-6-4-5-17(21)13-18/h4-10,13,22H,1,11-12H2,2-3H3. The molecule has 1 fully saturated rings. The number of sulfonamides is 1. The van der Waals surface area contributed by atoms with Gasteiger partial charge in [0.25, 0.3) is 0 Å². The molecule has 1 aliphatic rings. The molecule has 0 atom stereocenters. The molecule has 0 saturated carbocycles. The third kappa shape index (κ3) is 4.58. The van der Waals surface area contributed by atoms with Gasteiger partial charge in [0.2, 0.25) is 10.0 Å². The van der Waals surface area contributed by atoms with Crippen molar-refractivity contribution in [2.75, 3.05) is 6.54 Å². The maximum Gasteiger partial charge on any atom is 0.563 e. The summed E-state index contributed by atoms with van der Waals surface area (Å²) < 4.78 is 51.5. The summed E-state index contributed by atoms with van der Waals surface area (Å²) in [6, 6.07) is 12.5. The van der Waals surface area contributed by atoms with E-state index in [2.05, 4.69) is 11.3 Å². The predicted octanol–water partition coefficient (Wildman–Crippen LogP) is 2.38. The fourth-order valence-corrected chi connectivity index (χ4v) is 3.72. The molecule has 1 N–H and O–H groups in total. The second kappa shape index (κ2) is 7.46. The average molecular weight is 389 g/mol. The van der Waals surface area contributed by atoms with Crippen molar-refractivity contribution in [3.63, 3.8) is 0 Å². The van der Waals surface area contributed by atoms with Gasteiger partial charge in [-0.15, -0.1) is 0 Å². The first kappa shape index (κ1) is 19.6. The normalized spacial score (nSPS) is 16.4. The Kier molecular flexibility index (Phi) is 5.42. The van der Waals surface area contributed by atoms with Gasteiger partial charge < -0.3 is 9.31 Å². The SMILES string of the molecule is C=C1OB(c2ccc(CCNS(=O)(=O)c3cccc(F)c3)cc2)OC1(C)C. The molecule has 1 aliphatic heterocycles. The zero-order chi connectivity index (χ0) is 19.7. The molecule has 27 heavy (non-hydrogen) atoms. The topological polar surface area (TPSA) is 64.6 Å². The molecule has 2 aromatic carbocycles. The Balaban J connectivity index is 1.57. The van der Waals surface area contributed by atoms with Gasteiger partial charge in [-0.2, -0.15) is 0 Å². The molecular weight excluding hydrogens is 368 g/mol. The highest BCUT2D eigenvalue weighted by molar-refractivity contribution is 7.89. The molecule has 3 rings (SSSR count). The first-order chi connectivity index (χ1) is 12.7. The van der Waals surface area contributed by atoms with Crippen molar-refractivity contribution in [3.05, 3.63) is 72.2 Å². The van der Waals surface area contributed by atoms with Gasteiger partial charge in [-0.05, 0) is 49.5 Å². The molecule has 0 amide bonds. The Morgan fingerprint density at radius 3 is 2.48 bits per heavy atom. The van der Waals surface area contributed by atoms with Crippen LogP contribution >= 0.6 is 0 Å². The molecule has 0 aromatic heterocycles. The molecule has 5 nitrogen and oxygen atoms in total. The van der Waals surface area contributed by atoms with Crippen LogP contribution in [0.5, 0.6) is 0 Å². The van der Waals surface area contributed by atoms with Gasteiger partial charge in [0.1, 0.15) is 11.4 Å². The van der Waals surface area contributed by atoms with Crippen LogP contribution in [0.4, 0.5) is 4.39 Å². The number of nitrogens with one attached hydrogen (secondary N) is 1. The number of benzene rings is 2. The number of hydrogen-bond acceptors (Lipinski definition) is 4. The summed E-state index contributed by atoms with van der Waals surface area (Å²) >= 11 is 0. The van der Waals surface area contributed by atoms with Crippen LogP contribution < -0.4 is 10.2 Å². The van der Waals surface area contributed by atoms with Gasteiger partial charge in [0.15, 0.2) is 0 Å². The second-order valence-corrected chi connectivity index (χ2v) is 8.61. The Bertz CT molecular complexity index is 944. The van der Waals surface area contributed by atoms with Crippen LogP contribution in [0.15, 0.2) is 65.8 Å². The van der Waals surface area contributed by atoms with Crippen molar-refractivity contribution in [2.45, 2.75) is 30.8 Å². The quantitative estimate of drug-likeness (QED) is 0.771. The summed E-state index contributed by atoms with van der Waals surface area (Å²) in [6.07, 6.45) is 0.499. The zero-order valence-corrected chi connectivity index (χ0v) is 16.1. The van der Waals surface area contributed by atoms with Crippen LogP contribution in [0.25, 0.3) is 0 Å². The van der Waals surface area contributed by atoms with Crippen LogP contribution in [0, 0.1) is 5.82 Å². The monoisotopic (exact) mass is 389 g/mol. The molecule has 0 spiro atoms. The summed E-state index contributed by atoms with van der Waals surface area (Å²) in [4.78, 5) is -0.0868. The summed E-state index contributed by atoms with van der Waals surface area (Å²) in [5, 5.41) is 0. The van der Waals surface area contributed by atoms with E-state index in [0.717, 1.165) is 17.1 Å². The highest BCUT2D eigenvalue weighted by Gasteiger charge is 2.42. The number of halogens is 1. The van der Waals surface area contributed by atoms with E-state index < -0.39 is 28.6 Å². The van der Waals surface area contributed by atoms with Crippen LogP contribution in [0.1, 0.15) is 19.4 Å². The molecule has 0 bridgehead atoms. The maximum atomic E-state index is 13.2. The summed E-state index contributed by atoms with van der Waals surface area (Å²) in [5.41, 5.74) is 1.29. The first-order valence-electron chi connectivity index (χ1n) is 8.55. The second-order valence-electron chi connectivity index (χ2n) is 6.85. The molecule has 0 radical (unpaired) electrons. The van der Waals surface area contributed by atoms with Crippen molar-refractivity contribution >= 4 is 22.6 Å². The van der Waals surface area contributed by atoms with Gasteiger partial charge in [0, 0.05) is 6.54 Å². The van der Waals surface area contributed by atoms with Crippen molar-refractivity contribution < 1.29 is 22.1 Å². The Morgan fingerprint density at radius 1 is 1.19 bits per heavy atom. The van der Waals surface area contributed by atoms with E-state index in [-0.39, 0.29) is 11.4 Å². The Labute approximate surface area is 159 Å². The maximum absolute atomic E-state index is 13.2. The largest absolute Gasteiger partial charge is 0.563 e. The first-order valence-corrected chi connectivity index (χ1v) is 10.0. The highest BCUT2D eigenvalue weighted by atomic mass is 32.2. The van der Waals surface area contributed by atoms with Gasteiger partial charge >= 0.3 is 7.12 Å².